The van der Waals surface area contributed by atoms with E-state index in [0.29, 0.717) is 11.8 Å². The SMILES string of the molecule is CCCN=C(NCC)NCCN1CCN(C(=O)C2CCCC2)CC1. The molecule has 0 bridgehead atoms. The maximum Gasteiger partial charge on any atom is 0.225 e. The van der Waals surface area contributed by atoms with Gasteiger partial charge in [-0.25, -0.2) is 0 Å². The molecule has 0 unspecified atom stereocenters. The van der Waals surface area contributed by atoms with Gasteiger partial charge in [-0.15, -0.1) is 0 Å². The average molecular weight is 338 g/mol. The van der Waals surface area contributed by atoms with Gasteiger partial charge in [0.1, 0.15) is 0 Å². The first-order chi connectivity index (χ1) is 11.7. The maximum atomic E-state index is 12.5. The Balaban J connectivity index is 1.64. The largest absolute Gasteiger partial charge is 0.357 e. The zero-order valence-electron chi connectivity index (χ0n) is 15.5. The fourth-order valence-corrected chi connectivity index (χ4v) is 3.52. The summed E-state index contributed by atoms with van der Waals surface area (Å²) in [6.45, 7) is 11.6. The van der Waals surface area contributed by atoms with E-state index in [-0.39, 0.29) is 0 Å². The molecule has 2 rings (SSSR count). The van der Waals surface area contributed by atoms with Crippen LogP contribution in [0.3, 0.4) is 0 Å². The van der Waals surface area contributed by atoms with Gasteiger partial charge in [-0.3, -0.25) is 14.7 Å². The number of aliphatic imine (C=N–C) groups is 1. The molecule has 1 aliphatic heterocycles. The van der Waals surface area contributed by atoms with E-state index in [1.165, 1.54) is 12.8 Å². The highest BCUT2D eigenvalue weighted by molar-refractivity contribution is 5.80. The summed E-state index contributed by atoms with van der Waals surface area (Å²) >= 11 is 0. The van der Waals surface area contributed by atoms with Crippen LogP contribution < -0.4 is 10.6 Å². The molecule has 0 spiro atoms. The summed E-state index contributed by atoms with van der Waals surface area (Å²) < 4.78 is 0. The van der Waals surface area contributed by atoms with Gasteiger partial charge in [0.2, 0.25) is 5.91 Å². The van der Waals surface area contributed by atoms with E-state index < -0.39 is 0 Å². The molecule has 0 atom stereocenters. The lowest BCUT2D eigenvalue weighted by Crippen LogP contribution is -2.51. The molecular weight excluding hydrogens is 302 g/mol. The molecule has 1 aliphatic carbocycles. The van der Waals surface area contributed by atoms with Crippen LogP contribution in [-0.4, -0.2) is 74.0 Å². The normalized spacial score (nSPS) is 20.4. The highest BCUT2D eigenvalue weighted by atomic mass is 16.2. The van der Waals surface area contributed by atoms with Gasteiger partial charge in [0.05, 0.1) is 0 Å². The van der Waals surface area contributed by atoms with Gasteiger partial charge in [-0.1, -0.05) is 19.8 Å². The van der Waals surface area contributed by atoms with Crippen LogP contribution in [0.4, 0.5) is 0 Å². The third kappa shape index (κ3) is 5.96. The Morgan fingerprint density at radius 3 is 2.42 bits per heavy atom. The van der Waals surface area contributed by atoms with Crippen LogP contribution in [0.15, 0.2) is 4.99 Å². The molecule has 0 aromatic carbocycles. The Morgan fingerprint density at radius 1 is 1.08 bits per heavy atom. The minimum Gasteiger partial charge on any atom is -0.357 e. The summed E-state index contributed by atoms with van der Waals surface area (Å²) in [5.74, 6) is 1.64. The molecule has 138 valence electrons. The van der Waals surface area contributed by atoms with Crippen molar-refractivity contribution in [2.24, 2.45) is 10.9 Å². The van der Waals surface area contributed by atoms with Crippen molar-refractivity contribution in [3.05, 3.63) is 0 Å². The highest BCUT2D eigenvalue weighted by Crippen LogP contribution is 2.26. The van der Waals surface area contributed by atoms with Crippen molar-refractivity contribution >= 4 is 11.9 Å². The van der Waals surface area contributed by atoms with Gasteiger partial charge in [-0.2, -0.15) is 0 Å². The van der Waals surface area contributed by atoms with Gasteiger partial charge >= 0.3 is 0 Å². The van der Waals surface area contributed by atoms with Crippen LogP contribution >= 0.6 is 0 Å². The van der Waals surface area contributed by atoms with Crippen LogP contribution in [0.5, 0.6) is 0 Å². The number of nitrogens with zero attached hydrogens (tertiary/aromatic N) is 3. The van der Waals surface area contributed by atoms with Crippen LogP contribution in [0, 0.1) is 5.92 Å². The van der Waals surface area contributed by atoms with Crippen LogP contribution in [-0.2, 0) is 4.79 Å². The second kappa shape index (κ2) is 10.5. The second-order valence-electron chi connectivity index (χ2n) is 6.84. The van der Waals surface area contributed by atoms with E-state index in [9.17, 15) is 4.79 Å². The fourth-order valence-electron chi connectivity index (χ4n) is 3.52. The van der Waals surface area contributed by atoms with Crippen LogP contribution in [0.25, 0.3) is 0 Å². The van der Waals surface area contributed by atoms with E-state index in [0.717, 1.165) is 77.6 Å². The third-order valence-corrected chi connectivity index (χ3v) is 4.95. The lowest BCUT2D eigenvalue weighted by molar-refractivity contribution is -0.137. The van der Waals surface area contributed by atoms with E-state index in [4.69, 9.17) is 0 Å². The Morgan fingerprint density at radius 2 is 1.79 bits per heavy atom. The van der Waals surface area contributed by atoms with Crippen LogP contribution in [0.1, 0.15) is 46.0 Å². The summed E-state index contributed by atoms with van der Waals surface area (Å²) in [6, 6.07) is 0. The molecule has 0 radical (unpaired) electrons. The lowest BCUT2D eigenvalue weighted by Gasteiger charge is -2.36. The first-order valence-corrected chi connectivity index (χ1v) is 9.78. The number of guanidine groups is 1. The zero-order chi connectivity index (χ0) is 17.2. The lowest BCUT2D eigenvalue weighted by atomic mass is 10.1. The number of piperazine rings is 1. The van der Waals surface area contributed by atoms with Crippen molar-refractivity contribution in [1.29, 1.82) is 0 Å². The Labute approximate surface area is 147 Å². The van der Waals surface area contributed by atoms with E-state index >= 15 is 0 Å². The monoisotopic (exact) mass is 337 g/mol. The maximum absolute atomic E-state index is 12.5. The quantitative estimate of drug-likeness (QED) is 0.543. The number of hydrogen-bond acceptors (Lipinski definition) is 3. The number of rotatable bonds is 7. The minimum atomic E-state index is 0.315. The van der Waals surface area contributed by atoms with Crippen molar-refractivity contribution in [3.63, 3.8) is 0 Å². The van der Waals surface area contributed by atoms with Crippen molar-refractivity contribution in [3.8, 4) is 0 Å². The summed E-state index contributed by atoms with van der Waals surface area (Å²) in [4.78, 5) is 21.5. The summed E-state index contributed by atoms with van der Waals surface area (Å²) in [5.41, 5.74) is 0. The first kappa shape index (κ1) is 19.0. The van der Waals surface area contributed by atoms with Crippen molar-refractivity contribution in [2.75, 3.05) is 52.4 Å². The topological polar surface area (TPSA) is 60.0 Å². The number of hydrogen-bond donors (Lipinski definition) is 2. The number of carbonyl (C=O) groups excluding carboxylic acids is 1. The molecule has 1 amide bonds. The van der Waals surface area contributed by atoms with Crippen molar-refractivity contribution in [2.45, 2.75) is 46.0 Å². The Bertz CT molecular complexity index is 398. The smallest absolute Gasteiger partial charge is 0.225 e. The van der Waals surface area contributed by atoms with E-state index in [1.807, 2.05) is 0 Å². The van der Waals surface area contributed by atoms with Crippen molar-refractivity contribution < 1.29 is 4.79 Å². The van der Waals surface area contributed by atoms with Gasteiger partial charge in [0.25, 0.3) is 0 Å². The minimum absolute atomic E-state index is 0.315. The standard InChI is InChI=1S/C18H35N5O/c1-3-9-20-18(19-4-2)21-10-11-22-12-14-23(15-13-22)17(24)16-7-5-6-8-16/h16H,3-15H2,1-2H3,(H2,19,20,21). The number of amides is 1. The second-order valence-corrected chi connectivity index (χ2v) is 6.84. The number of nitrogens with one attached hydrogen (secondary N) is 2. The molecule has 6 nitrogen and oxygen atoms in total. The fraction of sp³-hybridized carbons (Fsp3) is 0.889. The average Bonchev–Trinajstić information content (AvgIpc) is 3.14. The highest BCUT2D eigenvalue weighted by Gasteiger charge is 2.29. The molecule has 2 N–H and O–H groups in total. The van der Waals surface area contributed by atoms with E-state index in [1.54, 1.807) is 0 Å². The van der Waals surface area contributed by atoms with Gasteiger partial charge in [0, 0.05) is 58.3 Å². The number of carbonyl (C=O) groups is 1. The molecule has 0 aromatic heterocycles. The summed E-state index contributed by atoms with van der Waals surface area (Å²) in [7, 11) is 0. The predicted octanol–water partition coefficient (Wildman–Crippen LogP) is 1.29. The Hall–Kier alpha value is -1.30. The molecule has 2 fully saturated rings. The summed E-state index contributed by atoms with van der Waals surface area (Å²) in [6.07, 6.45) is 5.74. The van der Waals surface area contributed by atoms with Gasteiger partial charge in [0.15, 0.2) is 5.96 Å². The first-order valence-electron chi connectivity index (χ1n) is 9.78. The van der Waals surface area contributed by atoms with Crippen molar-refractivity contribution in [1.82, 2.24) is 20.4 Å². The van der Waals surface area contributed by atoms with Gasteiger partial charge < -0.3 is 15.5 Å². The molecule has 24 heavy (non-hydrogen) atoms. The third-order valence-electron chi connectivity index (χ3n) is 4.95. The van der Waals surface area contributed by atoms with Gasteiger partial charge in [-0.05, 0) is 26.2 Å². The zero-order valence-corrected chi connectivity index (χ0v) is 15.5. The Kier molecular flexibility index (Phi) is 8.36. The molecule has 2 aliphatic rings. The molecule has 0 aromatic rings. The summed E-state index contributed by atoms with van der Waals surface area (Å²) in [5, 5.41) is 6.67. The predicted molar refractivity (Wildman–Crippen MR) is 99.3 cm³/mol. The van der Waals surface area contributed by atoms with Crippen LogP contribution in [0.2, 0.25) is 0 Å². The van der Waals surface area contributed by atoms with E-state index in [2.05, 4.69) is 39.3 Å². The molecule has 1 heterocycles. The molecular formula is C18H35N5O. The molecule has 1 saturated heterocycles. The molecule has 6 heteroatoms. The molecule has 1 saturated carbocycles.